The number of aromatic nitrogens is 2. The van der Waals surface area contributed by atoms with E-state index in [4.69, 9.17) is 22.1 Å². The van der Waals surface area contributed by atoms with E-state index in [1.54, 1.807) is 0 Å². The summed E-state index contributed by atoms with van der Waals surface area (Å²) in [7, 11) is 0. The maximum absolute atomic E-state index is 15.2. The number of carbonyl (C=O) groups is 1. The Hall–Kier alpha value is -2.88. The van der Waals surface area contributed by atoms with Crippen LogP contribution in [-0.4, -0.2) is 33.6 Å². The van der Waals surface area contributed by atoms with Crippen LogP contribution in [0.25, 0.3) is 0 Å². The Bertz CT molecular complexity index is 1010. The van der Waals surface area contributed by atoms with Gasteiger partial charge in [0.25, 0.3) is 11.9 Å². The minimum atomic E-state index is -3.64. The number of amides is 1. The lowest BCUT2D eigenvalue weighted by Crippen LogP contribution is -2.62. The van der Waals surface area contributed by atoms with Gasteiger partial charge in [0.1, 0.15) is 5.82 Å². The average molecular weight is 428 g/mol. The topological polar surface area (TPSA) is 102 Å². The standard InChI is InChI=1S/C18H17ClF3N5O2/c1-16(2)18(21,22)17(3,26-15(23)29-16)10-8-9(4-5-12(10)20)25-14(28)13-11(19)6-7-24-27-13/h4-8H,1-3H3,(H2,23,26)(H,25,28)/t17-/m1/s1. The van der Waals surface area contributed by atoms with Crippen molar-refractivity contribution in [2.45, 2.75) is 37.8 Å². The summed E-state index contributed by atoms with van der Waals surface area (Å²) in [6.45, 7) is 3.31. The first kappa shape index (κ1) is 20.8. The Balaban J connectivity index is 2.05. The lowest BCUT2D eigenvalue weighted by molar-refractivity contribution is -0.207. The Kier molecular flexibility index (Phi) is 4.94. The summed E-state index contributed by atoms with van der Waals surface area (Å²) >= 11 is 5.90. The highest BCUT2D eigenvalue weighted by molar-refractivity contribution is 6.34. The Morgan fingerprint density at radius 2 is 1.93 bits per heavy atom. The molecule has 0 saturated heterocycles. The molecular weight excluding hydrogens is 411 g/mol. The van der Waals surface area contributed by atoms with Gasteiger partial charge in [-0.05, 0) is 45.0 Å². The monoisotopic (exact) mass is 427 g/mol. The van der Waals surface area contributed by atoms with Gasteiger partial charge < -0.3 is 15.8 Å². The number of hydrogen-bond acceptors (Lipinski definition) is 6. The number of hydrogen-bond donors (Lipinski definition) is 2. The fraction of sp³-hybridized carbons (Fsp3) is 0.333. The third-order valence-electron chi connectivity index (χ3n) is 4.70. The predicted octanol–water partition coefficient (Wildman–Crippen LogP) is 3.50. The SMILES string of the molecule is CC1(C)OC(N)=N[C@](C)(c2cc(NC(=O)c3nnccc3Cl)ccc2F)C1(F)F. The smallest absolute Gasteiger partial charge is 0.315 e. The third-order valence-corrected chi connectivity index (χ3v) is 5.00. The van der Waals surface area contributed by atoms with Gasteiger partial charge in [0.05, 0.1) is 11.2 Å². The fourth-order valence-electron chi connectivity index (χ4n) is 3.09. The number of rotatable bonds is 3. The molecule has 1 aliphatic rings. The van der Waals surface area contributed by atoms with Gasteiger partial charge in [-0.25, -0.2) is 9.38 Å². The maximum atomic E-state index is 15.2. The van der Waals surface area contributed by atoms with Crippen LogP contribution in [0.5, 0.6) is 0 Å². The summed E-state index contributed by atoms with van der Waals surface area (Å²) < 4.78 is 50.0. The number of benzene rings is 1. The second-order valence-electron chi connectivity index (χ2n) is 7.09. The largest absolute Gasteiger partial charge is 0.453 e. The molecule has 0 fully saturated rings. The number of nitrogens with two attached hydrogens (primary N) is 1. The first-order chi connectivity index (χ1) is 13.4. The number of amidine groups is 1. The minimum absolute atomic E-state index is 0.0308. The minimum Gasteiger partial charge on any atom is -0.453 e. The van der Waals surface area contributed by atoms with Gasteiger partial charge in [-0.1, -0.05) is 11.6 Å². The van der Waals surface area contributed by atoms with Crippen molar-refractivity contribution in [1.82, 2.24) is 10.2 Å². The highest BCUT2D eigenvalue weighted by atomic mass is 35.5. The Labute approximate surface area is 169 Å². The molecule has 11 heteroatoms. The molecule has 0 aliphatic carbocycles. The van der Waals surface area contributed by atoms with Crippen molar-refractivity contribution in [2.75, 3.05) is 5.32 Å². The highest BCUT2D eigenvalue weighted by Gasteiger charge is 2.66. The highest BCUT2D eigenvalue weighted by Crippen LogP contribution is 2.51. The number of nitrogens with one attached hydrogen (secondary N) is 1. The maximum Gasteiger partial charge on any atom is 0.315 e. The van der Waals surface area contributed by atoms with Crippen LogP contribution in [0.1, 0.15) is 36.8 Å². The van der Waals surface area contributed by atoms with Crippen molar-refractivity contribution in [3.05, 3.63) is 52.6 Å². The number of nitrogens with zero attached hydrogens (tertiary/aromatic N) is 3. The molecule has 2 aromatic rings. The number of halogens is 4. The number of ether oxygens (including phenoxy) is 1. The van der Waals surface area contributed by atoms with E-state index >= 15 is 8.78 Å². The van der Waals surface area contributed by atoms with E-state index in [0.717, 1.165) is 32.9 Å². The van der Waals surface area contributed by atoms with Crippen LogP contribution >= 0.6 is 11.6 Å². The molecule has 7 nitrogen and oxygen atoms in total. The number of carbonyl (C=O) groups excluding carboxylic acids is 1. The summed E-state index contributed by atoms with van der Waals surface area (Å²) in [5.74, 6) is -5.33. The van der Waals surface area contributed by atoms with Crippen LogP contribution in [0.2, 0.25) is 5.02 Å². The van der Waals surface area contributed by atoms with Gasteiger partial charge in [0.15, 0.2) is 16.8 Å². The molecular formula is C18H17ClF3N5O2. The predicted molar refractivity (Wildman–Crippen MR) is 100 cm³/mol. The van der Waals surface area contributed by atoms with Crippen molar-refractivity contribution in [2.24, 2.45) is 10.7 Å². The van der Waals surface area contributed by atoms with Gasteiger partial charge in [0.2, 0.25) is 0 Å². The number of anilines is 1. The van der Waals surface area contributed by atoms with Gasteiger partial charge >= 0.3 is 5.92 Å². The van der Waals surface area contributed by atoms with Crippen LogP contribution < -0.4 is 11.1 Å². The summed E-state index contributed by atoms with van der Waals surface area (Å²) in [5, 5.41) is 9.67. The zero-order chi connectivity index (χ0) is 21.6. The first-order valence-electron chi connectivity index (χ1n) is 8.40. The molecule has 0 saturated carbocycles. The Morgan fingerprint density at radius 1 is 1.24 bits per heavy atom. The molecule has 0 bridgehead atoms. The number of alkyl halides is 2. The zero-order valence-corrected chi connectivity index (χ0v) is 16.4. The van der Waals surface area contributed by atoms with E-state index in [9.17, 15) is 9.18 Å². The third kappa shape index (κ3) is 3.37. The molecule has 29 heavy (non-hydrogen) atoms. The molecule has 0 spiro atoms. The lowest BCUT2D eigenvalue weighted by Gasteiger charge is -2.46. The molecule has 1 aromatic carbocycles. The summed E-state index contributed by atoms with van der Waals surface area (Å²) in [6.07, 6.45) is 1.30. The molecule has 0 unspecified atom stereocenters. The van der Waals surface area contributed by atoms with Crippen LogP contribution in [0.15, 0.2) is 35.5 Å². The lowest BCUT2D eigenvalue weighted by atomic mass is 9.77. The van der Waals surface area contributed by atoms with E-state index < -0.39 is 40.4 Å². The second kappa shape index (κ2) is 6.87. The van der Waals surface area contributed by atoms with Crippen molar-refractivity contribution < 1.29 is 22.7 Å². The average Bonchev–Trinajstić information content (AvgIpc) is 2.61. The van der Waals surface area contributed by atoms with E-state index in [-0.39, 0.29) is 16.4 Å². The van der Waals surface area contributed by atoms with Crippen LogP contribution in [0.4, 0.5) is 18.9 Å². The Morgan fingerprint density at radius 3 is 2.59 bits per heavy atom. The van der Waals surface area contributed by atoms with Gasteiger partial charge in [0, 0.05) is 11.3 Å². The molecule has 3 rings (SSSR count). The van der Waals surface area contributed by atoms with Crippen LogP contribution in [0, 0.1) is 5.82 Å². The summed E-state index contributed by atoms with van der Waals surface area (Å²) in [5.41, 5.74) is 0.536. The normalized spacial score (nSPS) is 22.4. The van der Waals surface area contributed by atoms with E-state index in [1.807, 2.05) is 0 Å². The summed E-state index contributed by atoms with van der Waals surface area (Å²) in [6, 6.07) is 4.08. The van der Waals surface area contributed by atoms with Crippen LogP contribution in [0.3, 0.4) is 0 Å². The van der Waals surface area contributed by atoms with E-state index in [1.165, 1.54) is 18.3 Å². The molecule has 1 aromatic heterocycles. The number of aliphatic imine (C=N–C) groups is 1. The molecule has 1 aliphatic heterocycles. The zero-order valence-electron chi connectivity index (χ0n) is 15.6. The van der Waals surface area contributed by atoms with Crippen molar-refractivity contribution in [3.8, 4) is 0 Å². The molecule has 154 valence electrons. The quantitative estimate of drug-likeness (QED) is 0.780. The molecule has 2 heterocycles. The first-order valence-corrected chi connectivity index (χ1v) is 8.77. The van der Waals surface area contributed by atoms with Gasteiger partial charge in [-0.2, -0.15) is 13.9 Å². The van der Waals surface area contributed by atoms with E-state index in [2.05, 4.69) is 20.5 Å². The molecule has 1 amide bonds. The van der Waals surface area contributed by atoms with E-state index in [0.29, 0.717) is 0 Å². The second-order valence-corrected chi connectivity index (χ2v) is 7.49. The fourth-order valence-corrected chi connectivity index (χ4v) is 3.27. The van der Waals surface area contributed by atoms with Crippen molar-refractivity contribution >= 4 is 29.2 Å². The van der Waals surface area contributed by atoms with Crippen molar-refractivity contribution in [3.63, 3.8) is 0 Å². The van der Waals surface area contributed by atoms with Gasteiger partial charge in [-0.3, -0.25) is 4.79 Å². The molecule has 3 N–H and O–H groups in total. The van der Waals surface area contributed by atoms with Crippen LogP contribution in [-0.2, 0) is 10.3 Å². The molecule has 0 radical (unpaired) electrons. The van der Waals surface area contributed by atoms with Gasteiger partial charge in [-0.15, -0.1) is 5.10 Å². The van der Waals surface area contributed by atoms with Crippen molar-refractivity contribution in [1.29, 1.82) is 0 Å². The molecule has 1 atom stereocenters. The summed E-state index contributed by atoms with van der Waals surface area (Å²) in [4.78, 5) is 16.1.